The Kier molecular flexibility index (Phi) is 2.61. The van der Waals surface area contributed by atoms with Crippen molar-refractivity contribution in [3.63, 3.8) is 0 Å². The summed E-state index contributed by atoms with van der Waals surface area (Å²) in [6.45, 7) is 4.52. The molecular weight excluding hydrogens is 210 g/mol. The minimum Gasteiger partial charge on any atom is -0.345 e. The fraction of sp³-hybridized carbons (Fsp3) is 0.667. The van der Waals surface area contributed by atoms with Gasteiger partial charge in [0, 0.05) is 29.4 Å². The number of carbonyl (C=O) groups excluding carboxylic acids is 1. The average molecular weight is 231 g/mol. The molecule has 2 nitrogen and oxygen atoms in total. The first-order valence-corrected chi connectivity index (χ1v) is 6.92. The molecule has 17 heavy (non-hydrogen) atoms. The molecule has 1 fully saturated rings. The van der Waals surface area contributed by atoms with Gasteiger partial charge in [-0.25, -0.2) is 0 Å². The molecule has 0 aromatic carbocycles. The van der Waals surface area contributed by atoms with Gasteiger partial charge in [-0.1, -0.05) is 13.3 Å². The van der Waals surface area contributed by atoms with Gasteiger partial charge in [-0.15, -0.1) is 0 Å². The molecule has 92 valence electrons. The largest absolute Gasteiger partial charge is 0.345 e. The van der Waals surface area contributed by atoms with Crippen LogP contribution in [0.3, 0.4) is 0 Å². The average Bonchev–Trinajstić information content (AvgIpc) is 2.83. The van der Waals surface area contributed by atoms with E-state index < -0.39 is 0 Å². The number of nitrogens with zero attached hydrogens (tertiary/aromatic N) is 1. The summed E-state index contributed by atoms with van der Waals surface area (Å²) < 4.78 is 2.49. The maximum atomic E-state index is 11.9. The maximum Gasteiger partial charge on any atom is 0.164 e. The van der Waals surface area contributed by atoms with Crippen molar-refractivity contribution in [2.24, 2.45) is 5.92 Å². The van der Waals surface area contributed by atoms with Crippen molar-refractivity contribution in [2.45, 2.75) is 58.4 Å². The van der Waals surface area contributed by atoms with Gasteiger partial charge in [0.05, 0.1) is 0 Å². The molecule has 2 aliphatic carbocycles. The van der Waals surface area contributed by atoms with Gasteiger partial charge in [-0.05, 0) is 44.6 Å². The first kappa shape index (κ1) is 11.1. The number of carbonyl (C=O) groups is 1. The number of fused-ring (bicyclic) bond motifs is 1. The van der Waals surface area contributed by atoms with Crippen LogP contribution in [0.15, 0.2) is 6.07 Å². The van der Waals surface area contributed by atoms with E-state index in [1.54, 1.807) is 0 Å². The van der Waals surface area contributed by atoms with Crippen LogP contribution >= 0.6 is 0 Å². The molecule has 0 N–H and O–H groups in total. The fourth-order valence-corrected chi connectivity index (χ4v) is 3.72. The molecule has 1 saturated carbocycles. The Morgan fingerprint density at radius 1 is 1.24 bits per heavy atom. The number of Topliss-reactive ketones (excluding diaryl/α,β-unsaturated/α-hetero) is 1. The van der Waals surface area contributed by atoms with Crippen LogP contribution < -0.4 is 0 Å². The molecule has 0 saturated heterocycles. The van der Waals surface area contributed by atoms with E-state index in [9.17, 15) is 4.79 Å². The van der Waals surface area contributed by atoms with Gasteiger partial charge in [0.25, 0.3) is 0 Å². The molecule has 2 heteroatoms. The molecule has 0 aliphatic heterocycles. The van der Waals surface area contributed by atoms with E-state index >= 15 is 0 Å². The SMILES string of the molecule is Cc1cc2c(n1C1CCCC1C)CCCC2=O. The zero-order chi connectivity index (χ0) is 12.0. The summed E-state index contributed by atoms with van der Waals surface area (Å²) >= 11 is 0. The van der Waals surface area contributed by atoms with E-state index in [1.807, 2.05) is 0 Å². The molecule has 2 aliphatic rings. The van der Waals surface area contributed by atoms with E-state index in [0.29, 0.717) is 11.8 Å². The molecule has 1 aromatic heterocycles. The summed E-state index contributed by atoms with van der Waals surface area (Å²) in [4.78, 5) is 11.9. The van der Waals surface area contributed by atoms with Crippen LogP contribution in [0.5, 0.6) is 0 Å². The van der Waals surface area contributed by atoms with E-state index in [1.165, 1.54) is 30.7 Å². The molecule has 0 spiro atoms. The minimum absolute atomic E-state index is 0.360. The van der Waals surface area contributed by atoms with E-state index in [2.05, 4.69) is 24.5 Å². The lowest BCUT2D eigenvalue weighted by atomic mass is 9.96. The third kappa shape index (κ3) is 1.65. The van der Waals surface area contributed by atoms with Gasteiger partial charge in [0.15, 0.2) is 5.78 Å². The monoisotopic (exact) mass is 231 g/mol. The Morgan fingerprint density at radius 2 is 2.06 bits per heavy atom. The van der Waals surface area contributed by atoms with Crippen LogP contribution in [0, 0.1) is 12.8 Å². The normalized spacial score (nSPS) is 28.5. The zero-order valence-corrected chi connectivity index (χ0v) is 10.8. The van der Waals surface area contributed by atoms with Crippen molar-refractivity contribution in [3.05, 3.63) is 23.0 Å². The highest BCUT2D eigenvalue weighted by Gasteiger charge is 2.30. The molecule has 1 heterocycles. The van der Waals surface area contributed by atoms with Gasteiger partial charge in [0.2, 0.25) is 0 Å². The predicted molar refractivity (Wildman–Crippen MR) is 68.5 cm³/mol. The molecular formula is C15H21NO. The second kappa shape index (κ2) is 4.01. The fourth-order valence-electron chi connectivity index (χ4n) is 3.72. The standard InChI is InChI=1S/C15H21NO/c1-10-5-3-6-13(10)16-11(2)9-12-14(16)7-4-8-15(12)17/h9-10,13H,3-8H2,1-2H3. The number of hydrogen-bond acceptors (Lipinski definition) is 1. The lowest BCUT2D eigenvalue weighted by Gasteiger charge is -2.24. The molecule has 0 radical (unpaired) electrons. The van der Waals surface area contributed by atoms with Crippen LogP contribution in [0.1, 0.15) is 66.8 Å². The first-order chi connectivity index (χ1) is 8.18. The molecule has 0 bridgehead atoms. The van der Waals surface area contributed by atoms with Crippen molar-refractivity contribution < 1.29 is 4.79 Å². The first-order valence-electron chi connectivity index (χ1n) is 6.92. The Labute approximate surface area is 103 Å². The number of ketones is 1. The van der Waals surface area contributed by atoms with Gasteiger partial charge >= 0.3 is 0 Å². The Balaban J connectivity index is 2.07. The summed E-state index contributed by atoms with van der Waals surface area (Å²) in [5, 5.41) is 0. The highest BCUT2D eigenvalue weighted by atomic mass is 16.1. The van der Waals surface area contributed by atoms with E-state index in [-0.39, 0.29) is 0 Å². The summed E-state index contributed by atoms with van der Waals surface area (Å²) in [7, 11) is 0. The minimum atomic E-state index is 0.360. The third-order valence-electron chi connectivity index (χ3n) is 4.60. The summed E-state index contributed by atoms with van der Waals surface area (Å²) in [6.07, 6.45) is 6.85. The lowest BCUT2D eigenvalue weighted by Crippen LogP contribution is -2.19. The topological polar surface area (TPSA) is 22.0 Å². The Bertz CT molecular complexity index is 458. The van der Waals surface area contributed by atoms with Crippen molar-refractivity contribution in [1.29, 1.82) is 0 Å². The second-order valence-electron chi connectivity index (χ2n) is 5.77. The van der Waals surface area contributed by atoms with Crippen molar-refractivity contribution in [2.75, 3.05) is 0 Å². The smallest absolute Gasteiger partial charge is 0.164 e. The number of rotatable bonds is 1. The van der Waals surface area contributed by atoms with Gasteiger partial charge in [-0.3, -0.25) is 4.79 Å². The molecule has 0 amide bonds. The summed E-state index contributed by atoms with van der Waals surface area (Å²) in [5.41, 5.74) is 3.65. The highest BCUT2D eigenvalue weighted by molar-refractivity contribution is 5.98. The predicted octanol–water partition coefficient (Wildman–Crippen LogP) is 3.68. The molecule has 1 aromatic rings. The molecule has 3 rings (SSSR count). The molecule has 2 unspecified atom stereocenters. The van der Waals surface area contributed by atoms with Crippen LogP contribution in [0.25, 0.3) is 0 Å². The Morgan fingerprint density at radius 3 is 2.76 bits per heavy atom. The van der Waals surface area contributed by atoms with Crippen LogP contribution in [0.2, 0.25) is 0 Å². The summed E-state index contributed by atoms with van der Waals surface area (Å²) in [6, 6.07) is 2.77. The zero-order valence-electron chi connectivity index (χ0n) is 10.8. The van der Waals surface area contributed by atoms with Gasteiger partial charge in [0.1, 0.15) is 0 Å². The quantitative estimate of drug-likeness (QED) is 0.722. The van der Waals surface area contributed by atoms with Crippen molar-refractivity contribution in [1.82, 2.24) is 4.57 Å². The van der Waals surface area contributed by atoms with E-state index in [0.717, 1.165) is 30.7 Å². The highest BCUT2D eigenvalue weighted by Crippen LogP contribution is 2.39. The number of aromatic nitrogens is 1. The lowest BCUT2D eigenvalue weighted by molar-refractivity contribution is 0.0971. The van der Waals surface area contributed by atoms with Gasteiger partial charge < -0.3 is 4.57 Å². The van der Waals surface area contributed by atoms with Crippen LogP contribution in [-0.2, 0) is 6.42 Å². The van der Waals surface area contributed by atoms with Crippen LogP contribution in [0.4, 0.5) is 0 Å². The number of aryl methyl sites for hydroxylation is 1. The second-order valence-corrected chi connectivity index (χ2v) is 5.77. The van der Waals surface area contributed by atoms with Gasteiger partial charge in [-0.2, -0.15) is 0 Å². The van der Waals surface area contributed by atoms with E-state index in [4.69, 9.17) is 0 Å². The van der Waals surface area contributed by atoms with Crippen molar-refractivity contribution >= 4 is 5.78 Å². The van der Waals surface area contributed by atoms with Crippen molar-refractivity contribution in [3.8, 4) is 0 Å². The van der Waals surface area contributed by atoms with Crippen LogP contribution in [-0.4, -0.2) is 10.4 Å². The Hall–Kier alpha value is -1.05. The third-order valence-corrected chi connectivity index (χ3v) is 4.60. The molecule has 2 atom stereocenters. The summed E-state index contributed by atoms with van der Waals surface area (Å²) in [5.74, 6) is 1.13. The maximum absolute atomic E-state index is 11.9. The number of hydrogen-bond donors (Lipinski definition) is 0.